The summed E-state index contributed by atoms with van der Waals surface area (Å²) in [4.78, 5) is 0. The minimum absolute atomic E-state index is 0.487. The van der Waals surface area contributed by atoms with Crippen LogP contribution < -0.4 is 11.1 Å². The fourth-order valence-electron chi connectivity index (χ4n) is 1.63. The predicted octanol–water partition coefficient (Wildman–Crippen LogP) is 1.89. The highest BCUT2D eigenvalue weighted by molar-refractivity contribution is 4.95. The van der Waals surface area contributed by atoms with Crippen molar-refractivity contribution in [3.05, 3.63) is 0 Å². The van der Waals surface area contributed by atoms with Gasteiger partial charge in [0.05, 0.1) is 0 Å². The maximum absolute atomic E-state index is 5.72. The van der Waals surface area contributed by atoms with Crippen LogP contribution in [-0.4, -0.2) is 19.1 Å². The molecule has 2 nitrogen and oxygen atoms in total. The lowest BCUT2D eigenvalue weighted by atomic mass is 10.1. The molecular weight excluding hydrogens is 160 g/mol. The zero-order valence-electron chi connectivity index (χ0n) is 9.10. The van der Waals surface area contributed by atoms with Crippen molar-refractivity contribution in [1.82, 2.24) is 5.32 Å². The molecule has 0 amide bonds. The summed E-state index contributed by atoms with van der Waals surface area (Å²) in [6, 6.07) is 0.670. The molecule has 3 N–H and O–H groups in total. The van der Waals surface area contributed by atoms with Crippen LogP contribution in [0.1, 0.15) is 46.0 Å². The first kappa shape index (κ1) is 11.0. The summed E-state index contributed by atoms with van der Waals surface area (Å²) >= 11 is 0. The van der Waals surface area contributed by atoms with Crippen molar-refractivity contribution in [2.75, 3.05) is 13.1 Å². The maximum atomic E-state index is 5.72. The Bertz CT molecular complexity index is 141. The zero-order valence-corrected chi connectivity index (χ0v) is 9.10. The number of nitrogens with one attached hydrogen (secondary N) is 1. The van der Waals surface area contributed by atoms with Crippen molar-refractivity contribution in [2.24, 2.45) is 11.1 Å². The Morgan fingerprint density at radius 3 is 2.62 bits per heavy atom. The minimum Gasteiger partial charge on any atom is -0.330 e. The van der Waals surface area contributed by atoms with Gasteiger partial charge in [-0.15, -0.1) is 0 Å². The van der Waals surface area contributed by atoms with Crippen molar-refractivity contribution in [3.63, 3.8) is 0 Å². The van der Waals surface area contributed by atoms with Crippen molar-refractivity contribution in [1.29, 1.82) is 0 Å². The third kappa shape index (κ3) is 3.65. The first-order valence-corrected chi connectivity index (χ1v) is 5.66. The van der Waals surface area contributed by atoms with Crippen LogP contribution in [0.2, 0.25) is 0 Å². The molecule has 0 spiro atoms. The van der Waals surface area contributed by atoms with Crippen molar-refractivity contribution in [2.45, 2.75) is 52.0 Å². The fraction of sp³-hybridized carbons (Fsp3) is 1.00. The predicted molar refractivity (Wildman–Crippen MR) is 57.7 cm³/mol. The minimum atomic E-state index is 0.487. The SMILES string of the molecule is CCCCC(C)NCC1(CN)CC1. The van der Waals surface area contributed by atoms with Crippen LogP contribution in [0.25, 0.3) is 0 Å². The Labute approximate surface area is 82.3 Å². The second-order valence-electron chi connectivity index (χ2n) is 4.63. The van der Waals surface area contributed by atoms with Crippen molar-refractivity contribution < 1.29 is 0 Å². The highest BCUT2D eigenvalue weighted by atomic mass is 14.9. The zero-order chi connectivity index (χ0) is 9.73. The van der Waals surface area contributed by atoms with Crippen LogP contribution >= 0.6 is 0 Å². The van der Waals surface area contributed by atoms with Gasteiger partial charge in [-0.3, -0.25) is 0 Å². The number of nitrogens with two attached hydrogens (primary N) is 1. The van der Waals surface area contributed by atoms with Gasteiger partial charge in [-0.05, 0) is 38.1 Å². The molecule has 13 heavy (non-hydrogen) atoms. The molecule has 0 aromatic carbocycles. The lowest BCUT2D eigenvalue weighted by molar-refractivity contribution is 0.410. The van der Waals surface area contributed by atoms with Gasteiger partial charge in [-0.1, -0.05) is 19.8 Å². The lowest BCUT2D eigenvalue weighted by Gasteiger charge is -2.18. The summed E-state index contributed by atoms with van der Waals surface area (Å²) < 4.78 is 0. The van der Waals surface area contributed by atoms with E-state index in [4.69, 9.17) is 5.73 Å². The molecule has 2 heteroatoms. The van der Waals surface area contributed by atoms with E-state index in [-0.39, 0.29) is 0 Å². The van der Waals surface area contributed by atoms with E-state index in [1.165, 1.54) is 32.1 Å². The number of unbranched alkanes of at least 4 members (excludes halogenated alkanes) is 1. The summed E-state index contributed by atoms with van der Waals surface area (Å²) in [5.74, 6) is 0. The van der Waals surface area contributed by atoms with E-state index in [9.17, 15) is 0 Å². The highest BCUT2D eigenvalue weighted by Gasteiger charge is 2.40. The Morgan fingerprint density at radius 1 is 1.46 bits per heavy atom. The van der Waals surface area contributed by atoms with Crippen molar-refractivity contribution in [3.8, 4) is 0 Å². The summed E-state index contributed by atoms with van der Waals surface area (Å²) in [5, 5.41) is 3.59. The van der Waals surface area contributed by atoms with Crippen LogP contribution in [0.15, 0.2) is 0 Å². The van der Waals surface area contributed by atoms with Crippen LogP contribution in [0.3, 0.4) is 0 Å². The van der Waals surface area contributed by atoms with Crippen LogP contribution in [0.5, 0.6) is 0 Å². The Morgan fingerprint density at radius 2 is 2.15 bits per heavy atom. The van der Waals surface area contributed by atoms with E-state index >= 15 is 0 Å². The molecule has 1 aliphatic rings. The molecule has 1 atom stereocenters. The lowest BCUT2D eigenvalue weighted by Crippen LogP contribution is -2.35. The molecule has 1 saturated carbocycles. The summed E-state index contributed by atoms with van der Waals surface area (Å²) in [6.07, 6.45) is 6.60. The summed E-state index contributed by atoms with van der Waals surface area (Å²) in [6.45, 7) is 6.52. The van der Waals surface area contributed by atoms with Crippen LogP contribution in [0.4, 0.5) is 0 Å². The van der Waals surface area contributed by atoms with Gasteiger partial charge in [-0.25, -0.2) is 0 Å². The topological polar surface area (TPSA) is 38.0 Å². The van der Waals surface area contributed by atoms with Gasteiger partial charge in [0.25, 0.3) is 0 Å². The molecular formula is C11H24N2. The van der Waals surface area contributed by atoms with E-state index in [0.717, 1.165) is 13.1 Å². The highest BCUT2D eigenvalue weighted by Crippen LogP contribution is 2.43. The largest absolute Gasteiger partial charge is 0.330 e. The van der Waals surface area contributed by atoms with Gasteiger partial charge in [0.2, 0.25) is 0 Å². The molecule has 0 radical (unpaired) electrons. The Balaban J connectivity index is 2.04. The molecule has 0 aliphatic heterocycles. The van der Waals surface area contributed by atoms with Crippen LogP contribution in [0, 0.1) is 5.41 Å². The van der Waals surface area contributed by atoms with E-state index in [0.29, 0.717) is 11.5 Å². The van der Waals surface area contributed by atoms with Gasteiger partial charge < -0.3 is 11.1 Å². The van der Waals surface area contributed by atoms with Gasteiger partial charge in [0.15, 0.2) is 0 Å². The monoisotopic (exact) mass is 184 g/mol. The van der Waals surface area contributed by atoms with E-state index in [1.54, 1.807) is 0 Å². The molecule has 78 valence electrons. The van der Waals surface area contributed by atoms with Gasteiger partial charge >= 0.3 is 0 Å². The average molecular weight is 184 g/mol. The van der Waals surface area contributed by atoms with E-state index in [1.807, 2.05) is 0 Å². The fourth-order valence-corrected chi connectivity index (χ4v) is 1.63. The van der Waals surface area contributed by atoms with Gasteiger partial charge in [0, 0.05) is 12.6 Å². The molecule has 1 aliphatic carbocycles. The number of hydrogen-bond acceptors (Lipinski definition) is 2. The quantitative estimate of drug-likeness (QED) is 0.634. The molecule has 0 aromatic rings. The Kier molecular flexibility index (Phi) is 4.20. The van der Waals surface area contributed by atoms with Crippen molar-refractivity contribution >= 4 is 0 Å². The third-order valence-corrected chi connectivity index (χ3v) is 3.21. The van der Waals surface area contributed by atoms with Crippen LogP contribution in [-0.2, 0) is 0 Å². The standard InChI is InChI=1S/C11H24N2/c1-3-4-5-10(2)13-9-11(8-12)6-7-11/h10,13H,3-9,12H2,1-2H3. The number of hydrogen-bond donors (Lipinski definition) is 2. The summed E-state index contributed by atoms with van der Waals surface area (Å²) in [7, 11) is 0. The molecule has 0 aromatic heterocycles. The maximum Gasteiger partial charge on any atom is 0.00389 e. The molecule has 1 fully saturated rings. The summed E-state index contributed by atoms with van der Waals surface area (Å²) in [5.41, 5.74) is 6.20. The Hall–Kier alpha value is -0.0800. The molecule has 0 bridgehead atoms. The normalized spacial score (nSPS) is 21.5. The molecule has 1 rings (SSSR count). The molecule has 0 saturated heterocycles. The van der Waals surface area contributed by atoms with E-state index < -0.39 is 0 Å². The first-order chi connectivity index (χ1) is 6.22. The second-order valence-corrected chi connectivity index (χ2v) is 4.63. The third-order valence-electron chi connectivity index (χ3n) is 3.21. The smallest absolute Gasteiger partial charge is 0.00389 e. The van der Waals surface area contributed by atoms with Gasteiger partial charge in [0.1, 0.15) is 0 Å². The second kappa shape index (κ2) is 4.97. The first-order valence-electron chi connectivity index (χ1n) is 5.66. The number of rotatable bonds is 7. The average Bonchev–Trinajstić information content (AvgIpc) is 2.92. The van der Waals surface area contributed by atoms with E-state index in [2.05, 4.69) is 19.2 Å². The van der Waals surface area contributed by atoms with Gasteiger partial charge in [-0.2, -0.15) is 0 Å². The molecule has 0 heterocycles. The molecule has 1 unspecified atom stereocenters.